The normalized spacial score (nSPS) is 11.7. The number of furan rings is 1. The first-order valence-corrected chi connectivity index (χ1v) is 5.07. The minimum Gasteiger partial charge on any atom is -0.478 e. The average molecular weight is 277 g/mol. The van der Waals surface area contributed by atoms with Crippen molar-refractivity contribution in [3.05, 3.63) is 36.3 Å². The summed E-state index contributed by atoms with van der Waals surface area (Å²) in [4.78, 5) is 22.2. The Kier molecular flexibility index (Phi) is 4.74. The highest BCUT2D eigenvalue weighted by Gasteiger charge is 2.32. The zero-order chi connectivity index (χ0) is 14.5. The molecule has 104 valence electrons. The summed E-state index contributed by atoms with van der Waals surface area (Å²) in [6.45, 7) is -1.88. The van der Waals surface area contributed by atoms with Crippen molar-refractivity contribution in [3.8, 4) is 0 Å². The van der Waals surface area contributed by atoms with E-state index in [2.05, 4.69) is 0 Å². The lowest BCUT2D eigenvalue weighted by molar-refractivity contribution is -0.159. The first-order chi connectivity index (χ1) is 8.78. The van der Waals surface area contributed by atoms with Crippen LogP contribution < -0.4 is 0 Å². The zero-order valence-electron chi connectivity index (χ0n) is 9.55. The van der Waals surface area contributed by atoms with Crippen LogP contribution in [0.2, 0.25) is 0 Å². The van der Waals surface area contributed by atoms with Crippen molar-refractivity contribution in [1.29, 1.82) is 0 Å². The van der Waals surface area contributed by atoms with Crippen LogP contribution in [0.5, 0.6) is 0 Å². The van der Waals surface area contributed by atoms with Crippen LogP contribution >= 0.6 is 0 Å². The van der Waals surface area contributed by atoms with Gasteiger partial charge in [0, 0.05) is 12.2 Å². The summed E-state index contributed by atoms with van der Waals surface area (Å²) < 4.78 is 41.8. The van der Waals surface area contributed by atoms with E-state index in [4.69, 9.17) is 9.52 Å². The molecule has 19 heavy (non-hydrogen) atoms. The molecule has 0 spiro atoms. The first kappa shape index (κ1) is 14.8. The number of nitrogens with zero attached hydrogens (tertiary/aromatic N) is 1. The summed E-state index contributed by atoms with van der Waals surface area (Å²) in [7, 11) is 0. The van der Waals surface area contributed by atoms with Crippen LogP contribution in [0.3, 0.4) is 0 Å². The van der Waals surface area contributed by atoms with E-state index in [1.54, 1.807) is 0 Å². The summed E-state index contributed by atoms with van der Waals surface area (Å²) in [5.74, 6) is -2.31. The van der Waals surface area contributed by atoms with Crippen molar-refractivity contribution in [1.82, 2.24) is 4.90 Å². The topological polar surface area (TPSA) is 70.8 Å². The second-order valence-electron chi connectivity index (χ2n) is 3.56. The standard InChI is InChI=1S/C11H10F3NO4/c12-11(13,14)7-15(6-8-2-1-5-19-8)9(16)3-4-10(17)18/h1-5H,6-7H2,(H,17,18)/b4-3+. The Morgan fingerprint density at radius 3 is 2.53 bits per heavy atom. The van der Waals surface area contributed by atoms with Crippen molar-refractivity contribution in [2.75, 3.05) is 6.54 Å². The number of carbonyl (C=O) groups excluding carboxylic acids is 1. The number of hydrogen-bond donors (Lipinski definition) is 1. The Bertz CT molecular complexity index is 465. The molecule has 1 N–H and O–H groups in total. The van der Waals surface area contributed by atoms with E-state index in [0.717, 1.165) is 0 Å². The minimum atomic E-state index is -4.58. The van der Waals surface area contributed by atoms with E-state index >= 15 is 0 Å². The molecule has 1 aromatic heterocycles. The first-order valence-electron chi connectivity index (χ1n) is 5.07. The number of carboxylic acid groups (broad SMARTS) is 1. The smallest absolute Gasteiger partial charge is 0.406 e. The molecule has 0 unspecified atom stereocenters. The summed E-state index contributed by atoms with van der Waals surface area (Å²) >= 11 is 0. The van der Waals surface area contributed by atoms with Crippen LogP contribution in [0.15, 0.2) is 35.0 Å². The summed E-state index contributed by atoms with van der Waals surface area (Å²) in [5, 5.41) is 8.34. The molecule has 1 rings (SSSR count). The van der Waals surface area contributed by atoms with Gasteiger partial charge < -0.3 is 14.4 Å². The van der Waals surface area contributed by atoms with Gasteiger partial charge in [0.15, 0.2) is 0 Å². The number of alkyl halides is 3. The molecule has 0 radical (unpaired) electrons. The number of halogens is 3. The largest absolute Gasteiger partial charge is 0.478 e. The Hall–Kier alpha value is -2.25. The molecule has 1 amide bonds. The third-order valence-corrected chi connectivity index (χ3v) is 1.98. The van der Waals surface area contributed by atoms with Gasteiger partial charge >= 0.3 is 12.1 Å². The Morgan fingerprint density at radius 1 is 1.37 bits per heavy atom. The molecule has 0 bridgehead atoms. The van der Waals surface area contributed by atoms with Gasteiger partial charge in [0.1, 0.15) is 12.3 Å². The highest BCUT2D eigenvalue weighted by molar-refractivity contribution is 5.93. The number of carboxylic acids is 1. The Morgan fingerprint density at radius 2 is 2.05 bits per heavy atom. The maximum atomic E-state index is 12.3. The molecule has 0 saturated heterocycles. The lowest BCUT2D eigenvalue weighted by Crippen LogP contribution is -2.37. The molecule has 0 aliphatic heterocycles. The lowest BCUT2D eigenvalue weighted by atomic mass is 10.3. The summed E-state index contributed by atoms with van der Waals surface area (Å²) in [6, 6.07) is 2.89. The van der Waals surface area contributed by atoms with Crippen molar-refractivity contribution >= 4 is 11.9 Å². The third kappa shape index (κ3) is 5.75. The van der Waals surface area contributed by atoms with E-state index in [9.17, 15) is 22.8 Å². The molecule has 0 fully saturated rings. The second kappa shape index (κ2) is 6.07. The maximum absolute atomic E-state index is 12.3. The van der Waals surface area contributed by atoms with Gasteiger partial charge in [-0.15, -0.1) is 0 Å². The van der Waals surface area contributed by atoms with Crippen LogP contribution in [0.1, 0.15) is 5.76 Å². The number of aliphatic carboxylic acids is 1. The number of rotatable bonds is 5. The molecular formula is C11H10F3NO4. The fourth-order valence-electron chi connectivity index (χ4n) is 1.27. The van der Waals surface area contributed by atoms with Gasteiger partial charge in [-0.3, -0.25) is 4.79 Å². The van der Waals surface area contributed by atoms with Crippen LogP contribution in [0, 0.1) is 0 Å². The Balaban J connectivity index is 2.79. The van der Waals surface area contributed by atoms with Crippen molar-refractivity contribution in [2.24, 2.45) is 0 Å². The SMILES string of the molecule is O=C(O)/C=C/C(=O)N(Cc1ccco1)CC(F)(F)F. The van der Waals surface area contributed by atoms with Crippen molar-refractivity contribution in [3.63, 3.8) is 0 Å². The van der Waals surface area contributed by atoms with Gasteiger partial charge in [0.05, 0.1) is 12.8 Å². The molecule has 0 saturated carbocycles. The fourth-order valence-corrected chi connectivity index (χ4v) is 1.27. The van der Waals surface area contributed by atoms with Crippen LogP contribution in [-0.4, -0.2) is 34.6 Å². The predicted molar refractivity (Wildman–Crippen MR) is 57.0 cm³/mol. The second-order valence-corrected chi connectivity index (χ2v) is 3.56. The molecule has 5 nitrogen and oxygen atoms in total. The molecule has 0 aromatic carbocycles. The van der Waals surface area contributed by atoms with Gasteiger partial charge in [-0.1, -0.05) is 0 Å². The molecule has 8 heteroatoms. The number of carbonyl (C=O) groups is 2. The summed E-state index contributed by atoms with van der Waals surface area (Å²) in [6.07, 6.45) is -2.27. The van der Waals surface area contributed by atoms with E-state index in [1.807, 2.05) is 0 Å². The molecule has 1 heterocycles. The highest BCUT2D eigenvalue weighted by atomic mass is 19.4. The van der Waals surface area contributed by atoms with E-state index in [1.165, 1.54) is 18.4 Å². The molecular weight excluding hydrogens is 267 g/mol. The maximum Gasteiger partial charge on any atom is 0.406 e. The lowest BCUT2D eigenvalue weighted by Gasteiger charge is -2.21. The minimum absolute atomic E-state index is 0.168. The number of hydrogen-bond acceptors (Lipinski definition) is 3. The van der Waals surface area contributed by atoms with E-state index < -0.39 is 31.1 Å². The highest BCUT2D eigenvalue weighted by Crippen LogP contribution is 2.18. The average Bonchev–Trinajstić information content (AvgIpc) is 2.75. The van der Waals surface area contributed by atoms with Gasteiger partial charge in [0.2, 0.25) is 5.91 Å². The Labute approximate surface area is 105 Å². The van der Waals surface area contributed by atoms with Gasteiger partial charge in [-0.05, 0) is 12.1 Å². The molecule has 1 aromatic rings. The van der Waals surface area contributed by atoms with Crippen molar-refractivity contribution in [2.45, 2.75) is 12.7 Å². The zero-order valence-corrected chi connectivity index (χ0v) is 9.55. The fraction of sp³-hybridized carbons (Fsp3) is 0.273. The van der Waals surface area contributed by atoms with Crippen LogP contribution in [0.25, 0.3) is 0 Å². The van der Waals surface area contributed by atoms with E-state index in [0.29, 0.717) is 17.1 Å². The van der Waals surface area contributed by atoms with Gasteiger partial charge in [-0.25, -0.2) is 4.79 Å². The molecule has 0 aliphatic carbocycles. The van der Waals surface area contributed by atoms with Crippen molar-refractivity contribution < 1.29 is 32.3 Å². The number of amides is 1. The van der Waals surface area contributed by atoms with Gasteiger partial charge in [0.25, 0.3) is 0 Å². The summed E-state index contributed by atoms with van der Waals surface area (Å²) in [5.41, 5.74) is 0. The third-order valence-electron chi connectivity index (χ3n) is 1.98. The van der Waals surface area contributed by atoms with Gasteiger partial charge in [-0.2, -0.15) is 13.2 Å². The van der Waals surface area contributed by atoms with Crippen LogP contribution in [0.4, 0.5) is 13.2 Å². The van der Waals surface area contributed by atoms with Crippen LogP contribution in [-0.2, 0) is 16.1 Å². The quantitative estimate of drug-likeness (QED) is 0.833. The predicted octanol–water partition coefficient (Wildman–Crippen LogP) is 1.81. The monoisotopic (exact) mass is 277 g/mol. The molecule has 0 atom stereocenters. The molecule has 0 aliphatic rings. The van der Waals surface area contributed by atoms with E-state index in [-0.39, 0.29) is 5.76 Å².